The first-order chi connectivity index (χ1) is 9.15. The quantitative estimate of drug-likeness (QED) is 0.830. The molecular formula is C14H6ClFN2O. The van der Waals surface area contributed by atoms with Gasteiger partial charge in [0.05, 0.1) is 5.56 Å². The van der Waals surface area contributed by atoms with E-state index in [0.29, 0.717) is 5.02 Å². The lowest BCUT2D eigenvalue weighted by atomic mass is 10.2. The van der Waals surface area contributed by atoms with Crippen LogP contribution < -0.4 is 4.74 Å². The Morgan fingerprint density at radius 3 is 2.53 bits per heavy atom. The largest absolute Gasteiger partial charge is 0.454 e. The van der Waals surface area contributed by atoms with E-state index in [2.05, 4.69) is 0 Å². The average Bonchev–Trinajstić information content (AvgIpc) is 2.41. The number of ether oxygens (including phenoxy) is 1. The second kappa shape index (κ2) is 5.39. The van der Waals surface area contributed by atoms with Crippen LogP contribution in [0.15, 0.2) is 36.4 Å². The van der Waals surface area contributed by atoms with Gasteiger partial charge in [-0.1, -0.05) is 17.7 Å². The van der Waals surface area contributed by atoms with Crippen molar-refractivity contribution in [1.29, 1.82) is 10.5 Å². The maximum atomic E-state index is 13.4. The van der Waals surface area contributed by atoms with Crippen molar-refractivity contribution < 1.29 is 9.13 Å². The summed E-state index contributed by atoms with van der Waals surface area (Å²) in [4.78, 5) is 0. The lowest BCUT2D eigenvalue weighted by Crippen LogP contribution is -1.93. The van der Waals surface area contributed by atoms with Crippen LogP contribution in [0, 0.1) is 28.5 Å². The standard InChI is InChI=1S/C14H6ClFN2O/c15-10-4-5-13(9(6-10)7-17)19-14-3-1-2-12(16)11(14)8-18/h1-6H. The highest BCUT2D eigenvalue weighted by Gasteiger charge is 2.12. The van der Waals surface area contributed by atoms with Gasteiger partial charge in [0.1, 0.15) is 35.0 Å². The Kier molecular flexibility index (Phi) is 3.66. The first kappa shape index (κ1) is 12.9. The molecule has 0 saturated carbocycles. The third kappa shape index (κ3) is 2.65. The van der Waals surface area contributed by atoms with E-state index in [1.54, 1.807) is 12.1 Å². The van der Waals surface area contributed by atoms with Crippen molar-refractivity contribution in [1.82, 2.24) is 0 Å². The van der Waals surface area contributed by atoms with Crippen LogP contribution >= 0.6 is 11.6 Å². The molecule has 2 aromatic carbocycles. The van der Waals surface area contributed by atoms with Crippen LogP contribution in [-0.2, 0) is 0 Å². The molecule has 0 amide bonds. The molecule has 2 rings (SSSR count). The molecule has 0 N–H and O–H groups in total. The van der Waals surface area contributed by atoms with Crippen LogP contribution in [0.3, 0.4) is 0 Å². The van der Waals surface area contributed by atoms with Gasteiger partial charge in [-0.15, -0.1) is 0 Å². The van der Waals surface area contributed by atoms with Gasteiger partial charge in [0.15, 0.2) is 0 Å². The third-order valence-corrected chi connectivity index (χ3v) is 2.60. The number of benzene rings is 2. The van der Waals surface area contributed by atoms with Gasteiger partial charge >= 0.3 is 0 Å². The summed E-state index contributed by atoms with van der Waals surface area (Å²) in [6, 6.07) is 12.2. The molecule has 0 atom stereocenters. The van der Waals surface area contributed by atoms with Gasteiger partial charge in [-0.25, -0.2) is 4.39 Å². The fourth-order valence-corrected chi connectivity index (χ4v) is 1.67. The zero-order valence-corrected chi connectivity index (χ0v) is 10.3. The first-order valence-corrected chi connectivity index (χ1v) is 5.59. The highest BCUT2D eigenvalue weighted by Crippen LogP contribution is 2.30. The average molecular weight is 273 g/mol. The summed E-state index contributed by atoms with van der Waals surface area (Å²) in [6.07, 6.45) is 0. The number of nitriles is 2. The van der Waals surface area contributed by atoms with E-state index in [0.717, 1.165) is 0 Å². The summed E-state index contributed by atoms with van der Waals surface area (Å²) in [5, 5.41) is 18.3. The zero-order valence-electron chi connectivity index (χ0n) is 9.52. The van der Waals surface area contributed by atoms with Gasteiger partial charge in [-0.05, 0) is 30.3 Å². The molecule has 0 spiro atoms. The minimum atomic E-state index is -0.674. The Morgan fingerprint density at radius 2 is 1.84 bits per heavy atom. The Morgan fingerprint density at radius 1 is 1.05 bits per heavy atom. The van der Waals surface area contributed by atoms with Gasteiger partial charge in [0.2, 0.25) is 0 Å². The summed E-state index contributed by atoms with van der Waals surface area (Å²) < 4.78 is 18.8. The second-order valence-corrected chi connectivity index (χ2v) is 4.02. The molecule has 0 aliphatic carbocycles. The highest BCUT2D eigenvalue weighted by atomic mass is 35.5. The molecule has 92 valence electrons. The summed E-state index contributed by atoms with van der Waals surface area (Å²) in [7, 11) is 0. The van der Waals surface area contributed by atoms with Gasteiger partial charge in [0, 0.05) is 5.02 Å². The molecule has 0 aromatic heterocycles. The fourth-order valence-electron chi connectivity index (χ4n) is 1.49. The normalized spacial score (nSPS) is 9.47. The maximum absolute atomic E-state index is 13.4. The Hall–Kier alpha value is -2.56. The van der Waals surface area contributed by atoms with Crippen molar-refractivity contribution in [3.63, 3.8) is 0 Å². The molecule has 0 bridgehead atoms. The number of hydrogen-bond acceptors (Lipinski definition) is 3. The van der Waals surface area contributed by atoms with Gasteiger partial charge in [0.25, 0.3) is 0 Å². The van der Waals surface area contributed by atoms with E-state index in [-0.39, 0.29) is 22.6 Å². The predicted octanol–water partition coefficient (Wildman–Crippen LogP) is 4.01. The van der Waals surface area contributed by atoms with E-state index in [1.807, 2.05) is 6.07 Å². The predicted molar refractivity (Wildman–Crippen MR) is 67.4 cm³/mol. The molecule has 0 heterocycles. The van der Waals surface area contributed by atoms with Crippen molar-refractivity contribution in [3.8, 4) is 23.6 Å². The Balaban J connectivity index is 2.46. The van der Waals surface area contributed by atoms with Crippen LogP contribution in [0.4, 0.5) is 4.39 Å². The Bertz CT molecular complexity index is 716. The van der Waals surface area contributed by atoms with Crippen LogP contribution in [0.1, 0.15) is 11.1 Å². The molecule has 5 heteroatoms. The van der Waals surface area contributed by atoms with Gasteiger partial charge in [-0.3, -0.25) is 0 Å². The molecule has 19 heavy (non-hydrogen) atoms. The minimum Gasteiger partial charge on any atom is -0.454 e. The van der Waals surface area contributed by atoms with E-state index >= 15 is 0 Å². The summed E-state index contributed by atoms with van der Waals surface area (Å²) in [5.41, 5.74) is 0.00184. The minimum absolute atomic E-state index is 0.0568. The molecule has 0 saturated heterocycles. The first-order valence-electron chi connectivity index (χ1n) is 5.22. The smallest absolute Gasteiger partial charge is 0.148 e. The van der Waals surface area contributed by atoms with Crippen LogP contribution in [0.2, 0.25) is 5.02 Å². The molecule has 3 nitrogen and oxygen atoms in total. The van der Waals surface area contributed by atoms with E-state index in [1.165, 1.54) is 30.3 Å². The molecule has 2 aromatic rings. The molecule has 0 aliphatic heterocycles. The number of nitrogens with zero attached hydrogens (tertiary/aromatic N) is 2. The third-order valence-electron chi connectivity index (χ3n) is 2.37. The van der Waals surface area contributed by atoms with Crippen molar-refractivity contribution in [2.24, 2.45) is 0 Å². The van der Waals surface area contributed by atoms with E-state index in [4.69, 9.17) is 26.9 Å². The molecular weight excluding hydrogens is 267 g/mol. The molecule has 0 aliphatic rings. The zero-order chi connectivity index (χ0) is 13.8. The van der Waals surface area contributed by atoms with Crippen molar-refractivity contribution in [3.05, 3.63) is 58.4 Å². The Labute approximate surface area is 114 Å². The lowest BCUT2D eigenvalue weighted by molar-refractivity contribution is 0.473. The second-order valence-electron chi connectivity index (χ2n) is 3.58. The van der Waals surface area contributed by atoms with Crippen molar-refractivity contribution in [2.45, 2.75) is 0 Å². The molecule has 0 fully saturated rings. The van der Waals surface area contributed by atoms with Crippen LogP contribution in [0.5, 0.6) is 11.5 Å². The number of halogens is 2. The van der Waals surface area contributed by atoms with Gasteiger partial charge < -0.3 is 4.74 Å². The van der Waals surface area contributed by atoms with Crippen molar-refractivity contribution in [2.75, 3.05) is 0 Å². The molecule has 0 radical (unpaired) electrons. The van der Waals surface area contributed by atoms with E-state index < -0.39 is 5.82 Å². The maximum Gasteiger partial charge on any atom is 0.148 e. The molecule has 0 unspecified atom stereocenters. The number of rotatable bonds is 2. The fraction of sp³-hybridized carbons (Fsp3) is 0. The van der Waals surface area contributed by atoms with E-state index in [9.17, 15) is 4.39 Å². The highest BCUT2D eigenvalue weighted by molar-refractivity contribution is 6.30. The van der Waals surface area contributed by atoms with Crippen molar-refractivity contribution >= 4 is 11.6 Å². The van der Waals surface area contributed by atoms with Crippen LogP contribution in [0.25, 0.3) is 0 Å². The summed E-state index contributed by atoms with van der Waals surface area (Å²) >= 11 is 5.76. The van der Waals surface area contributed by atoms with Crippen LogP contribution in [-0.4, -0.2) is 0 Å². The topological polar surface area (TPSA) is 56.8 Å². The SMILES string of the molecule is N#Cc1cc(Cl)ccc1Oc1cccc(F)c1C#N. The lowest BCUT2D eigenvalue weighted by Gasteiger charge is -2.09. The van der Waals surface area contributed by atoms with Gasteiger partial charge in [-0.2, -0.15) is 10.5 Å². The summed E-state index contributed by atoms with van der Waals surface area (Å²) in [5.74, 6) is -0.400. The summed E-state index contributed by atoms with van der Waals surface area (Å²) in [6.45, 7) is 0. The monoisotopic (exact) mass is 272 g/mol. The number of hydrogen-bond donors (Lipinski definition) is 0.